The average Bonchev–Trinajstić information content (AvgIpc) is 3.68. The Hall–Kier alpha value is -3.40. The predicted octanol–water partition coefficient (Wildman–Crippen LogP) is 9.81. The Morgan fingerprint density at radius 3 is 1.43 bits per heavy atom. The molecule has 0 fully saturated rings. The van der Waals surface area contributed by atoms with Crippen LogP contribution in [0.4, 0.5) is 11.4 Å². The Labute approximate surface area is 249 Å². The molecule has 1 aromatic heterocycles. The number of rotatable bonds is 4. The van der Waals surface area contributed by atoms with Crippen LogP contribution in [0.1, 0.15) is 47.5 Å². The molecule has 1 heterocycles. The first kappa shape index (κ1) is 26.8. The summed E-state index contributed by atoms with van der Waals surface area (Å²) in [6, 6.07) is 34.6. The summed E-state index contributed by atoms with van der Waals surface area (Å²) >= 11 is 0.194. The van der Waals surface area contributed by atoms with Crippen molar-refractivity contribution in [3.8, 4) is 22.3 Å². The molecule has 4 aromatic carbocycles. The maximum absolute atomic E-state index is 4.93. The van der Waals surface area contributed by atoms with Gasteiger partial charge in [-0.05, 0) is 108 Å². The summed E-state index contributed by atoms with van der Waals surface area (Å²) < 4.78 is 0. The molecule has 0 spiro atoms. The number of aromatic amines is 1. The number of hydrogen-bond acceptors (Lipinski definition) is 2. The van der Waals surface area contributed by atoms with Gasteiger partial charge in [-0.2, -0.15) is 0 Å². The van der Waals surface area contributed by atoms with E-state index in [2.05, 4.69) is 116 Å². The van der Waals surface area contributed by atoms with Gasteiger partial charge in [-0.3, -0.25) is 9.98 Å². The fourth-order valence-corrected chi connectivity index (χ4v) is 5.73. The van der Waals surface area contributed by atoms with Gasteiger partial charge in [0.15, 0.2) is 0 Å². The molecule has 0 amide bonds. The summed E-state index contributed by atoms with van der Waals surface area (Å²) in [5.41, 5.74) is 16.8. The van der Waals surface area contributed by atoms with E-state index < -0.39 is 0 Å². The van der Waals surface area contributed by atoms with Crippen LogP contribution in [0.15, 0.2) is 107 Å². The van der Waals surface area contributed by atoms with Crippen LogP contribution in [0, 0.1) is 0 Å². The van der Waals surface area contributed by atoms with E-state index in [1.54, 1.807) is 0 Å². The molecule has 0 saturated heterocycles. The van der Waals surface area contributed by atoms with Gasteiger partial charge in [0.2, 0.25) is 0 Å². The number of H-pyrrole nitrogens is 1. The van der Waals surface area contributed by atoms with Crippen LogP contribution in [-0.4, -0.2) is 16.4 Å². The van der Waals surface area contributed by atoms with Crippen LogP contribution in [0.25, 0.3) is 22.3 Å². The topological polar surface area (TPSA) is 40.5 Å². The van der Waals surface area contributed by atoms with Gasteiger partial charge in [0, 0.05) is 0 Å². The maximum atomic E-state index is 4.93. The molecule has 0 saturated carbocycles. The summed E-state index contributed by atoms with van der Waals surface area (Å²) in [5, 5.41) is 0. The quantitative estimate of drug-likeness (QED) is 0.154. The normalized spacial score (nSPS) is 13.3. The van der Waals surface area contributed by atoms with E-state index in [1.807, 2.05) is 0 Å². The Balaban J connectivity index is 0.000000925. The molecule has 3 nitrogen and oxygen atoms in total. The van der Waals surface area contributed by atoms with Crippen LogP contribution in [0.2, 0.25) is 0 Å². The number of nitrogens with one attached hydrogen (secondary N) is 1. The second-order valence-corrected chi connectivity index (χ2v) is 11.9. The number of benzene rings is 4. The molecule has 6 heteroatoms. The summed E-state index contributed by atoms with van der Waals surface area (Å²) in [6.07, 6.45) is 1.95. The number of fused-ring (bicyclic) bond motifs is 6. The average molecular weight is 604 g/mol. The van der Waals surface area contributed by atoms with Gasteiger partial charge in [-0.25, -0.2) is 0 Å². The molecule has 200 valence electrons. The van der Waals surface area contributed by atoms with Gasteiger partial charge in [-0.1, -0.05) is 60.7 Å². The molecule has 0 aliphatic heterocycles. The van der Waals surface area contributed by atoms with Crippen molar-refractivity contribution in [2.75, 3.05) is 0 Å². The van der Waals surface area contributed by atoms with E-state index in [4.69, 9.17) is 30.2 Å². The van der Waals surface area contributed by atoms with Crippen LogP contribution < -0.4 is 0 Å². The predicted molar refractivity (Wildman–Crippen MR) is 166 cm³/mol. The number of aliphatic imine (C=N–C) groups is 2. The van der Waals surface area contributed by atoms with E-state index in [-0.39, 0.29) is 13.1 Å². The van der Waals surface area contributed by atoms with E-state index >= 15 is 0 Å². The molecule has 0 atom stereocenters. The molecule has 2 aliphatic rings. The zero-order valence-electron chi connectivity index (χ0n) is 22.2. The third-order valence-corrected chi connectivity index (χ3v) is 7.61. The van der Waals surface area contributed by atoms with Gasteiger partial charge >= 0.3 is 33.3 Å². The summed E-state index contributed by atoms with van der Waals surface area (Å²) in [4.78, 5) is 13.4. The molecule has 2 aliphatic carbocycles. The van der Waals surface area contributed by atoms with Crippen molar-refractivity contribution in [3.63, 3.8) is 0 Å². The van der Waals surface area contributed by atoms with Crippen molar-refractivity contribution < 1.29 is 13.1 Å². The Morgan fingerprint density at radius 1 is 0.575 bits per heavy atom. The molecule has 0 bridgehead atoms. The third kappa shape index (κ3) is 5.33. The standard InChI is InChI=1S/C34H27N3.2ClH.Fe/c1-21(35-27-11-13-31-25(19-27)17-23-7-3-5-9-29(23)31)33-15-16-34(37-33)22(2)36-28-12-14-32-26(20-28)18-24-8-4-6-10-30(24)32;;;/h3-16,19-20,37H,17-18H2,1-2H3;2*1H;/q;;;+2/p-2. The molecule has 5 aromatic rings. The number of aromatic nitrogens is 1. The van der Waals surface area contributed by atoms with Crippen molar-refractivity contribution in [2.24, 2.45) is 9.98 Å². The second kappa shape index (κ2) is 11.6. The van der Waals surface area contributed by atoms with Gasteiger partial charge < -0.3 is 4.98 Å². The minimum atomic E-state index is 0.194. The fraction of sp³-hybridized carbons (Fsp3) is 0.118. The van der Waals surface area contributed by atoms with Crippen LogP contribution in [0.3, 0.4) is 0 Å². The summed E-state index contributed by atoms with van der Waals surface area (Å²) in [7, 11) is 9.53. The van der Waals surface area contributed by atoms with Crippen molar-refractivity contribution in [2.45, 2.75) is 26.7 Å². The molecule has 7 rings (SSSR count). The Morgan fingerprint density at radius 2 is 0.975 bits per heavy atom. The van der Waals surface area contributed by atoms with Crippen molar-refractivity contribution in [3.05, 3.63) is 131 Å². The number of nitrogens with zero attached hydrogens (tertiary/aromatic N) is 2. The van der Waals surface area contributed by atoms with Crippen molar-refractivity contribution >= 4 is 43.0 Å². The first-order valence-corrected chi connectivity index (χ1v) is 16.2. The minimum absolute atomic E-state index is 0.194. The van der Waals surface area contributed by atoms with Gasteiger partial charge in [-0.15, -0.1) is 0 Å². The Bertz CT molecular complexity index is 1660. The molecule has 40 heavy (non-hydrogen) atoms. The first-order chi connectivity index (χ1) is 19.5. The van der Waals surface area contributed by atoms with Gasteiger partial charge in [0.1, 0.15) is 0 Å². The van der Waals surface area contributed by atoms with E-state index in [1.165, 1.54) is 44.5 Å². The van der Waals surface area contributed by atoms with E-state index in [9.17, 15) is 0 Å². The van der Waals surface area contributed by atoms with Gasteiger partial charge in [0.25, 0.3) is 0 Å². The van der Waals surface area contributed by atoms with Gasteiger partial charge in [0.05, 0.1) is 34.2 Å². The first-order valence-electron chi connectivity index (χ1n) is 13.1. The van der Waals surface area contributed by atoms with Crippen LogP contribution >= 0.6 is 20.2 Å². The van der Waals surface area contributed by atoms with Crippen LogP contribution in [0.5, 0.6) is 0 Å². The number of halogens is 2. The SMILES string of the molecule is CC(=Nc1ccc2c(c1)Cc1ccccc1-2)c1ccc(C(C)=Nc2ccc3c(c2)Cc2ccccc2-3)[nH]1.[Cl][Fe][Cl]. The third-order valence-electron chi connectivity index (χ3n) is 7.61. The summed E-state index contributed by atoms with van der Waals surface area (Å²) in [5.74, 6) is 0. The molecular formula is C34H27Cl2FeN3. The Kier molecular flexibility index (Phi) is 7.78. The zero-order chi connectivity index (χ0) is 27.6. The molecule has 1 N–H and O–H groups in total. The zero-order valence-corrected chi connectivity index (χ0v) is 24.8. The van der Waals surface area contributed by atoms with E-state index in [0.29, 0.717) is 0 Å². The van der Waals surface area contributed by atoms with E-state index in [0.717, 1.165) is 47.0 Å². The number of hydrogen-bond donors (Lipinski definition) is 1. The monoisotopic (exact) mass is 603 g/mol. The fourth-order valence-electron chi connectivity index (χ4n) is 5.73. The van der Waals surface area contributed by atoms with Crippen LogP contribution in [-0.2, 0) is 26.0 Å². The molecule has 0 radical (unpaired) electrons. The van der Waals surface area contributed by atoms with Crippen molar-refractivity contribution in [1.29, 1.82) is 0 Å². The van der Waals surface area contributed by atoms with Crippen molar-refractivity contribution in [1.82, 2.24) is 4.98 Å². The molecule has 0 unspecified atom stereocenters. The second-order valence-electron chi connectivity index (χ2n) is 10.1. The summed E-state index contributed by atoms with van der Waals surface area (Å²) in [6.45, 7) is 4.12. The molecular weight excluding hydrogens is 577 g/mol.